The van der Waals surface area contributed by atoms with E-state index in [0.717, 1.165) is 62.4 Å². The van der Waals surface area contributed by atoms with Crippen molar-refractivity contribution in [3.8, 4) is 0 Å². The molecule has 1 aromatic carbocycles. The molecule has 2 atom stereocenters. The van der Waals surface area contributed by atoms with Gasteiger partial charge in [-0.1, -0.05) is 25.0 Å². The lowest BCUT2D eigenvalue weighted by atomic mass is 9.91. The molecule has 2 heterocycles. The van der Waals surface area contributed by atoms with Crippen LogP contribution in [0.1, 0.15) is 31.5 Å². The van der Waals surface area contributed by atoms with Gasteiger partial charge < -0.3 is 10.1 Å². The lowest BCUT2D eigenvalue weighted by Crippen LogP contribution is -2.54. The van der Waals surface area contributed by atoms with Gasteiger partial charge >= 0.3 is 0 Å². The summed E-state index contributed by atoms with van der Waals surface area (Å²) < 4.78 is 0. The average Bonchev–Trinajstić information content (AvgIpc) is 2.98. The third-order valence-corrected chi connectivity index (χ3v) is 5.38. The topological polar surface area (TPSA) is 55.4 Å². The first-order valence-corrected chi connectivity index (χ1v) is 8.88. The van der Waals surface area contributed by atoms with Crippen LogP contribution in [0.3, 0.4) is 0 Å². The third kappa shape index (κ3) is 3.27. The maximum atomic E-state index is 10.2. The lowest BCUT2D eigenvalue weighted by Gasteiger charge is -2.42. The predicted octanol–water partition coefficient (Wildman–Crippen LogP) is 1.98. The Balaban J connectivity index is 1.34. The number of aromatic nitrogens is 2. The molecule has 5 nitrogen and oxygen atoms in total. The van der Waals surface area contributed by atoms with E-state index in [2.05, 4.69) is 31.9 Å². The summed E-state index contributed by atoms with van der Waals surface area (Å²) in [5.74, 6) is 1.05. The van der Waals surface area contributed by atoms with Gasteiger partial charge in [-0.25, -0.2) is 4.98 Å². The van der Waals surface area contributed by atoms with E-state index < -0.39 is 0 Å². The molecule has 0 spiro atoms. The van der Waals surface area contributed by atoms with Crippen LogP contribution in [0, 0.1) is 0 Å². The van der Waals surface area contributed by atoms with Crippen LogP contribution in [0.2, 0.25) is 0 Å². The van der Waals surface area contributed by atoms with Crippen molar-refractivity contribution < 1.29 is 5.11 Å². The molecule has 2 fully saturated rings. The van der Waals surface area contributed by atoms with E-state index in [-0.39, 0.29) is 6.10 Å². The predicted molar refractivity (Wildman–Crippen MR) is 91.2 cm³/mol. The van der Waals surface area contributed by atoms with Crippen LogP contribution in [0.4, 0.5) is 0 Å². The SMILES string of the molecule is OC1CCCCC1N1CCN(Cc2nc3ccccc3[nH]2)CC1. The minimum absolute atomic E-state index is 0.120. The van der Waals surface area contributed by atoms with Gasteiger partial charge in [-0.3, -0.25) is 9.80 Å². The van der Waals surface area contributed by atoms with Crippen molar-refractivity contribution in [2.45, 2.75) is 44.4 Å². The van der Waals surface area contributed by atoms with E-state index in [1.54, 1.807) is 0 Å². The fourth-order valence-corrected chi connectivity index (χ4v) is 4.06. The number of H-pyrrole nitrogens is 1. The molecule has 2 aromatic rings. The molecule has 5 heteroatoms. The Morgan fingerprint density at radius 3 is 2.65 bits per heavy atom. The fraction of sp³-hybridized carbons (Fsp3) is 0.611. The number of fused-ring (bicyclic) bond motifs is 1. The van der Waals surface area contributed by atoms with Crippen LogP contribution in [-0.4, -0.2) is 63.2 Å². The number of aliphatic hydroxyl groups is 1. The molecule has 0 bridgehead atoms. The van der Waals surface area contributed by atoms with Gasteiger partial charge in [0.05, 0.1) is 23.7 Å². The summed E-state index contributed by atoms with van der Waals surface area (Å²) in [5, 5.41) is 10.2. The van der Waals surface area contributed by atoms with Crippen molar-refractivity contribution in [2.75, 3.05) is 26.2 Å². The summed E-state index contributed by atoms with van der Waals surface area (Å²) in [4.78, 5) is 13.1. The molecular formula is C18H26N4O. The van der Waals surface area contributed by atoms with Crippen molar-refractivity contribution in [3.05, 3.63) is 30.1 Å². The normalized spacial score (nSPS) is 27.5. The maximum Gasteiger partial charge on any atom is 0.121 e. The van der Waals surface area contributed by atoms with E-state index >= 15 is 0 Å². The van der Waals surface area contributed by atoms with Gasteiger partial charge in [0.2, 0.25) is 0 Å². The van der Waals surface area contributed by atoms with Crippen LogP contribution in [0.15, 0.2) is 24.3 Å². The highest BCUT2D eigenvalue weighted by molar-refractivity contribution is 5.74. The second-order valence-electron chi connectivity index (χ2n) is 6.93. The summed E-state index contributed by atoms with van der Waals surface area (Å²) in [5.41, 5.74) is 2.16. The van der Waals surface area contributed by atoms with Gasteiger partial charge in [-0.15, -0.1) is 0 Å². The van der Waals surface area contributed by atoms with Gasteiger partial charge in [0.1, 0.15) is 5.82 Å². The van der Waals surface area contributed by atoms with Crippen molar-refractivity contribution in [3.63, 3.8) is 0 Å². The fourth-order valence-electron chi connectivity index (χ4n) is 4.06. The van der Waals surface area contributed by atoms with Crippen molar-refractivity contribution >= 4 is 11.0 Å². The highest BCUT2D eigenvalue weighted by Crippen LogP contribution is 2.24. The summed E-state index contributed by atoms with van der Waals surface area (Å²) >= 11 is 0. The molecule has 1 saturated heterocycles. The highest BCUT2D eigenvalue weighted by Gasteiger charge is 2.30. The molecular weight excluding hydrogens is 288 g/mol. The van der Waals surface area contributed by atoms with Crippen molar-refractivity contribution in [1.82, 2.24) is 19.8 Å². The summed E-state index contributed by atoms with van der Waals surface area (Å²) in [6, 6.07) is 8.59. The standard InChI is InChI=1S/C18H26N4O/c23-17-8-4-3-7-16(17)22-11-9-21(10-12-22)13-18-19-14-5-1-2-6-15(14)20-18/h1-2,5-6,16-17,23H,3-4,7-13H2,(H,19,20). The van der Waals surface area contributed by atoms with E-state index in [1.165, 1.54) is 12.8 Å². The first-order chi connectivity index (χ1) is 11.3. The molecule has 0 radical (unpaired) electrons. The minimum Gasteiger partial charge on any atom is -0.391 e. The molecule has 1 aromatic heterocycles. The third-order valence-electron chi connectivity index (χ3n) is 5.38. The van der Waals surface area contributed by atoms with Crippen LogP contribution in [0.5, 0.6) is 0 Å². The summed E-state index contributed by atoms with van der Waals surface area (Å²) in [6.45, 7) is 5.11. The second-order valence-corrected chi connectivity index (χ2v) is 6.93. The smallest absolute Gasteiger partial charge is 0.121 e. The maximum absolute atomic E-state index is 10.2. The molecule has 2 N–H and O–H groups in total. The van der Waals surface area contributed by atoms with Crippen molar-refractivity contribution in [2.24, 2.45) is 0 Å². The van der Waals surface area contributed by atoms with Gasteiger partial charge in [-0.2, -0.15) is 0 Å². The molecule has 1 saturated carbocycles. The Kier molecular flexibility index (Phi) is 4.33. The number of aliphatic hydroxyl groups excluding tert-OH is 1. The minimum atomic E-state index is -0.120. The van der Waals surface area contributed by atoms with Crippen LogP contribution in [0.25, 0.3) is 11.0 Å². The first kappa shape index (κ1) is 15.1. The monoisotopic (exact) mass is 314 g/mol. The average molecular weight is 314 g/mol. The molecule has 124 valence electrons. The molecule has 1 aliphatic carbocycles. The number of imidazole rings is 1. The Morgan fingerprint density at radius 1 is 1.09 bits per heavy atom. The number of aromatic amines is 1. The number of benzene rings is 1. The van der Waals surface area contributed by atoms with Gasteiger partial charge in [0, 0.05) is 32.2 Å². The summed E-state index contributed by atoms with van der Waals surface area (Å²) in [7, 11) is 0. The zero-order chi connectivity index (χ0) is 15.6. The molecule has 0 amide bonds. The van der Waals surface area contributed by atoms with E-state index in [9.17, 15) is 5.11 Å². The highest BCUT2D eigenvalue weighted by atomic mass is 16.3. The number of hydrogen-bond acceptors (Lipinski definition) is 4. The molecule has 2 unspecified atom stereocenters. The Bertz CT molecular complexity index is 614. The Labute approximate surface area is 137 Å². The molecule has 2 aliphatic rings. The summed E-state index contributed by atoms with van der Waals surface area (Å²) in [6.07, 6.45) is 4.46. The molecule has 1 aliphatic heterocycles. The van der Waals surface area contributed by atoms with Crippen LogP contribution >= 0.6 is 0 Å². The van der Waals surface area contributed by atoms with E-state index in [0.29, 0.717) is 6.04 Å². The number of para-hydroxylation sites is 2. The zero-order valence-electron chi connectivity index (χ0n) is 13.6. The van der Waals surface area contributed by atoms with Gasteiger partial charge in [0.25, 0.3) is 0 Å². The number of nitrogens with one attached hydrogen (secondary N) is 1. The zero-order valence-corrected chi connectivity index (χ0v) is 13.6. The van der Waals surface area contributed by atoms with Crippen LogP contribution in [-0.2, 0) is 6.54 Å². The second kappa shape index (κ2) is 6.59. The van der Waals surface area contributed by atoms with Crippen LogP contribution < -0.4 is 0 Å². The lowest BCUT2D eigenvalue weighted by molar-refractivity contribution is -0.00503. The number of nitrogens with zero attached hydrogens (tertiary/aromatic N) is 3. The Hall–Kier alpha value is -1.43. The Morgan fingerprint density at radius 2 is 1.87 bits per heavy atom. The molecule has 4 rings (SSSR count). The van der Waals surface area contributed by atoms with E-state index in [1.807, 2.05) is 12.1 Å². The first-order valence-electron chi connectivity index (χ1n) is 8.88. The van der Waals surface area contributed by atoms with Crippen molar-refractivity contribution in [1.29, 1.82) is 0 Å². The van der Waals surface area contributed by atoms with Gasteiger partial charge in [-0.05, 0) is 25.0 Å². The number of piperazine rings is 1. The number of rotatable bonds is 3. The quantitative estimate of drug-likeness (QED) is 0.910. The number of hydrogen-bond donors (Lipinski definition) is 2. The van der Waals surface area contributed by atoms with E-state index in [4.69, 9.17) is 0 Å². The molecule has 23 heavy (non-hydrogen) atoms. The van der Waals surface area contributed by atoms with Gasteiger partial charge in [0.15, 0.2) is 0 Å². The largest absolute Gasteiger partial charge is 0.391 e.